The Balaban J connectivity index is 0.00000207. The van der Waals surface area contributed by atoms with Gasteiger partial charge in [-0.05, 0) is 89.7 Å². The van der Waals surface area contributed by atoms with Crippen molar-refractivity contribution in [2.45, 2.75) is 52.5 Å². The van der Waals surface area contributed by atoms with Crippen LogP contribution in [0.3, 0.4) is 0 Å². The van der Waals surface area contributed by atoms with Crippen LogP contribution in [0.25, 0.3) is 11.1 Å². The molecule has 2 aliphatic rings. The monoisotopic (exact) mass is 587 g/mol. The van der Waals surface area contributed by atoms with E-state index in [4.69, 9.17) is 11.1 Å². The molecule has 2 aromatic carbocycles. The molecule has 0 saturated heterocycles. The summed E-state index contributed by atoms with van der Waals surface area (Å²) < 4.78 is 41.1. The standard InChI is InChI=1S/C34H37F2N5.CH3F/c1-19(2)16-23-14-15-25(18-28(23)36)32(37)31-33(38)40-41(5)34(31)39-21(4)26-17-24-12-9-13-27(35)30(24)20(3)29(26)22-10-7-6-8-11-22;1-2/h6-13,18-19,21,37,39H,3,14-17H2,1-2,4-5H3,(H2,38,40);1H3. The molecule has 0 aliphatic heterocycles. The van der Waals surface area contributed by atoms with Gasteiger partial charge in [0.25, 0.3) is 0 Å². The second-order valence-corrected chi connectivity index (χ2v) is 11.4. The lowest BCUT2D eigenvalue weighted by molar-refractivity contribution is 0.569. The Morgan fingerprint density at radius 1 is 1.07 bits per heavy atom. The van der Waals surface area contributed by atoms with Crippen LogP contribution in [-0.4, -0.2) is 28.7 Å². The molecule has 1 aromatic heterocycles. The number of fused-ring (bicyclic) bond motifs is 1. The van der Waals surface area contributed by atoms with Crippen LogP contribution >= 0.6 is 0 Å². The number of allylic oxidation sites excluding steroid dienone is 6. The first-order valence-corrected chi connectivity index (χ1v) is 14.5. The van der Waals surface area contributed by atoms with Crippen LogP contribution in [0.5, 0.6) is 0 Å². The van der Waals surface area contributed by atoms with Crippen LogP contribution in [0, 0.1) is 17.1 Å². The van der Waals surface area contributed by atoms with Gasteiger partial charge in [0.05, 0.1) is 18.5 Å². The highest BCUT2D eigenvalue weighted by Crippen LogP contribution is 2.43. The van der Waals surface area contributed by atoms with E-state index >= 15 is 0 Å². The summed E-state index contributed by atoms with van der Waals surface area (Å²) >= 11 is 0. The zero-order valence-electron chi connectivity index (χ0n) is 25.5. The largest absolute Gasteiger partial charge is 0.382 e. The molecule has 0 amide bonds. The Morgan fingerprint density at radius 3 is 2.42 bits per heavy atom. The highest BCUT2D eigenvalue weighted by Gasteiger charge is 2.30. The van der Waals surface area contributed by atoms with Crippen molar-refractivity contribution >= 4 is 28.5 Å². The fourth-order valence-corrected chi connectivity index (χ4v) is 6.03. The van der Waals surface area contributed by atoms with Crippen molar-refractivity contribution in [3.05, 3.63) is 112 Å². The molecule has 0 spiro atoms. The molecular formula is C35H40F3N5. The van der Waals surface area contributed by atoms with Crippen molar-refractivity contribution in [2.75, 3.05) is 18.2 Å². The summed E-state index contributed by atoms with van der Waals surface area (Å²) in [5.74, 6) is 0.622. The van der Waals surface area contributed by atoms with E-state index in [0.29, 0.717) is 66.9 Å². The topological polar surface area (TPSA) is 79.7 Å². The van der Waals surface area contributed by atoms with E-state index in [-0.39, 0.29) is 29.2 Å². The molecule has 0 fully saturated rings. The van der Waals surface area contributed by atoms with Crippen LogP contribution in [0.15, 0.2) is 83.7 Å². The maximum Gasteiger partial charge on any atom is 0.157 e. The maximum atomic E-state index is 15.0. The summed E-state index contributed by atoms with van der Waals surface area (Å²) in [5.41, 5.74) is 13.3. The normalized spacial score (nSPS) is 15.6. The van der Waals surface area contributed by atoms with Gasteiger partial charge in [0.2, 0.25) is 0 Å². The summed E-state index contributed by atoms with van der Waals surface area (Å²) in [5, 5.41) is 17.0. The molecule has 1 heterocycles. The Hall–Kier alpha value is -4.33. The van der Waals surface area contributed by atoms with E-state index in [1.165, 1.54) is 12.1 Å². The quantitative estimate of drug-likeness (QED) is 0.231. The van der Waals surface area contributed by atoms with Gasteiger partial charge >= 0.3 is 0 Å². The van der Waals surface area contributed by atoms with Crippen LogP contribution in [0.2, 0.25) is 0 Å². The second-order valence-electron chi connectivity index (χ2n) is 11.4. The van der Waals surface area contributed by atoms with Crippen LogP contribution in [0.1, 0.15) is 62.3 Å². The number of rotatable bonds is 8. The van der Waals surface area contributed by atoms with Gasteiger partial charge in [0, 0.05) is 18.7 Å². The minimum atomic E-state index is -0.283. The molecule has 0 saturated carbocycles. The van der Waals surface area contributed by atoms with Gasteiger partial charge in [-0.3, -0.25) is 14.5 Å². The highest BCUT2D eigenvalue weighted by molar-refractivity contribution is 6.16. The smallest absolute Gasteiger partial charge is 0.157 e. The number of anilines is 2. The molecule has 3 aromatic rings. The number of aryl methyl sites for hydroxylation is 1. The van der Waals surface area contributed by atoms with Crippen LogP contribution in [-0.2, 0) is 13.5 Å². The Labute approximate surface area is 252 Å². The van der Waals surface area contributed by atoms with Crippen molar-refractivity contribution in [1.82, 2.24) is 9.78 Å². The highest BCUT2D eigenvalue weighted by atomic mass is 19.1. The number of aromatic nitrogens is 2. The molecule has 43 heavy (non-hydrogen) atoms. The summed E-state index contributed by atoms with van der Waals surface area (Å²) in [7, 11) is 2.27. The number of nitrogens with zero attached hydrogens (tertiary/aromatic N) is 2. The van der Waals surface area contributed by atoms with Gasteiger partial charge in [-0.15, -0.1) is 0 Å². The Bertz CT molecular complexity index is 1630. The number of hydrogen-bond acceptors (Lipinski definition) is 4. The molecule has 2 aliphatic carbocycles. The van der Waals surface area contributed by atoms with Gasteiger partial charge in [-0.25, -0.2) is 8.78 Å². The summed E-state index contributed by atoms with van der Waals surface area (Å²) in [6.45, 7) is 10.5. The van der Waals surface area contributed by atoms with Gasteiger partial charge < -0.3 is 11.1 Å². The lowest BCUT2D eigenvalue weighted by Gasteiger charge is -2.30. The third-order valence-electron chi connectivity index (χ3n) is 7.98. The van der Waals surface area contributed by atoms with Gasteiger partial charge in [0.1, 0.15) is 17.5 Å². The predicted molar refractivity (Wildman–Crippen MR) is 172 cm³/mol. The summed E-state index contributed by atoms with van der Waals surface area (Å²) in [6.07, 6.45) is 3.88. The first-order valence-electron chi connectivity index (χ1n) is 14.5. The SMILES string of the molecule is C=C1C(c2ccccc2)=C(C(C)Nc2c(C(=N)C3=CC(F)=C(CC(C)C)CC3)c(N)nn2C)Cc2cccc(F)c21.CF. The Morgan fingerprint density at radius 2 is 1.77 bits per heavy atom. The van der Waals surface area contributed by atoms with Crippen molar-refractivity contribution in [3.8, 4) is 0 Å². The number of alkyl halides is 1. The molecule has 8 heteroatoms. The van der Waals surface area contributed by atoms with Crippen molar-refractivity contribution in [1.29, 1.82) is 5.41 Å². The van der Waals surface area contributed by atoms with Gasteiger partial charge in [0.15, 0.2) is 5.82 Å². The molecular weight excluding hydrogens is 547 g/mol. The molecule has 4 N–H and O–H groups in total. The van der Waals surface area contributed by atoms with Crippen molar-refractivity contribution in [2.24, 2.45) is 13.0 Å². The number of nitrogens with one attached hydrogen (secondary N) is 2. The predicted octanol–water partition coefficient (Wildman–Crippen LogP) is 8.61. The average molecular weight is 588 g/mol. The average Bonchev–Trinajstić information content (AvgIpc) is 3.26. The Kier molecular flexibility index (Phi) is 9.79. The van der Waals surface area contributed by atoms with Crippen molar-refractivity contribution in [3.63, 3.8) is 0 Å². The van der Waals surface area contributed by atoms with Crippen LogP contribution < -0.4 is 11.1 Å². The van der Waals surface area contributed by atoms with Crippen LogP contribution in [0.4, 0.5) is 24.8 Å². The minimum absolute atomic E-state index is 0.168. The van der Waals surface area contributed by atoms with E-state index in [1.54, 1.807) is 17.8 Å². The lowest BCUT2D eigenvalue weighted by Crippen LogP contribution is -2.26. The molecule has 226 valence electrons. The molecule has 0 bridgehead atoms. The third-order valence-corrected chi connectivity index (χ3v) is 7.98. The first-order chi connectivity index (χ1) is 20.6. The van der Waals surface area contributed by atoms with E-state index in [0.717, 1.165) is 27.8 Å². The number of benzene rings is 2. The van der Waals surface area contributed by atoms with E-state index in [1.807, 2.05) is 43.3 Å². The van der Waals surface area contributed by atoms with Crippen molar-refractivity contribution < 1.29 is 13.2 Å². The number of halogens is 3. The second kappa shape index (κ2) is 13.3. The molecule has 5 rings (SSSR count). The number of nitrogens with two attached hydrogens (primary N) is 1. The fraction of sp³-hybridized carbons (Fsp3) is 0.314. The lowest BCUT2D eigenvalue weighted by atomic mass is 9.77. The zero-order chi connectivity index (χ0) is 31.4. The summed E-state index contributed by atoms with van der Waals surface area (Å²) in [4.78, 5) is 0. The maximum absolute atomic E-state index is 15.0. The van der Waals surface area contributed by atoms with E-state index in [9.17, 15) is 13.2 Å². The van der Waals surface area contributed by atoms with Gasteiger partial charge in [-0.1, -0.05) is 62.9 Å². The number of nitrogen functional groups attached to an aromatic ring is 1. The fourth-order valence-electron chi connectivity index (χ4n) is 6.03. The number of hydrogen-bond donors (Lipinski definition) is 3. The van der Waals surface area contributed by atoms with Gasteiger partial charge in [-0.2, -0.15) is 5.10 Å². The minimum Gasteiger partial charge on any atom is -0.382 e. The molecule has 0 radical (unpaired) electrons. The molecule has 1 unspecified atom stereocenters. The van der Waals surface area contributed by atoms with E-state index < -0.39 is 0 Å². The van der Waals surface area contributed by atoms with E-state index in [2.05, 4.69) is 30.8 Å². The molecule has 5 nitrogen and oxygen atoms in total. The summed E-state index contributed by atoms with van der Waals surface area (Å²) in [6, 6.07) is 14.8. The first kappa shape index (κ1) is 31.6. The third kappa shape index (κ3) is 6.38. The zero-order valence-corrected chi connectivity index (χ0v) is 25.5. The molecule has 1 atom stereocenters.